The average molecular weight is 326 g/mol. The van der Waals surface area contributed by atoms with Gasteiger partial charge in [-0.1, -0.05) is 20.8 Å². The second-order valence-corrected chi connectivity index (χ2v) is 7.31. The number of rotatable bonds is 3. The summed E-state index contributed by atoms with van der Waals surface area (Å²) in [5, 5.41) is 2.94. The Hall–Kier alpha value is -2.56. The van der Waals surface area contributed by atoms with Crippen LogP contribution in [0.3, 0.4) is 0 Å². The molecule has 0 saturated heterocycles. The van der Waals surface area contributed by atoms with Gasteiger partial charge in [0.2, 0.25) is 5.91 Å². The molecule has 1 aliphatic rings. The summed E-state index contributed by atoms with van der Waals surface area (Å²) in [5.74, 6) is 0.206. The predicted octanol–water partition coefficient (Wildman–Crippen LogP) is 3.86. The zero-order valence-electron chi connectivity index (χ0n) is 14.3. The molecular formula is C19H22N2O3. The third-order valence-corrected chi connectivity index (χ3v) is 3.93. The smallest absolute Gasteiger partial charge is 0.293 e. The van der Waals surface area contributed by atoms with Gasteiger partial charge in [-0.2, -0.15) is 0 Å². The minimum absolute atomic E-state index is 0.00367. The Morgan fingerprint density at radius 2 is 2.04 bits per heavy atom. The number of benzene rings is 1. The average Bonchev–Trinajstić information content (AvgIpc) is 3.13. The van der Waals surface area contributed by atoms with Crippen molar-refractivity contribution in [1.82, 2.24) is 0 Å². The van der Waals surface area contributed by atoms with Crippen molar-refractivity contribution in [1.29, 1.82) is 0 Å². The highest BCUT2D eigenvalue weighted by molar-refractivity contribution is 6.05. The molecule has 1 N–H and O–H groups in total. The van der Waals surface area contributed by atoms with Gasteiger partial charge in [-0.15, -0.1) is 0 Å². The molecule has 1 aliphatic heterocycles. The minimum Gasteiger partial charge on any atom is -0.459 e. The van der Waals surface area contributed by atoms with E-state index in [1.54, 1.807) is 17.0 Å². The van der Waals surface area contributed by atoms with E-state index < -0.39 is 0 Å². The van der Waals surface area contributed by atoms with E-state index in [1.165, 1.54) is 6.26 Å². The summed E-state index contributed by atoms with van der Waals surface area (Å²) in [5.41, 5.74) is 2.66. The number of amides is 2. The molecule has 0 fully saturated rings. The van der Waals surface area contributed by atoms with Crippen molar-refractivity contribution in [2.75, 3.05) is 16.8 Å². The van der Waals surface area contributed by atoms with Crippen LogP contribution in [0.5, 0.6) is 0 Å². The number of carbonyl (C=O) groups is 2. The van der Waals surface area contributed by atoms with Gasteiger partial charge in [0.15, 0.2) is 5.76 Å². The molecule has 0 aliphatic carbocycles. The molecule has 0 saturated carbocycles. The minimum atomic E-state index is -0.136. The SMILES string of the molecule is CC(C)(C)CC(=O)Nc1ccc2c(c1)CCN2C(=O)c1ccco1. The molecule has 3 rings (SSSR count). The van der Waals surface area contributed by atoms with Gasteiger partial charge in [0.1, 0.15) is 0 Å². The molecule has 126 valence electrons. The van der Waals surface area contributed by atoms with E-state index in [9.17, 15) is 9.59 Å². The molecule has 0 radical (unpaired) electrons. The van der Waals surface area contributed by atoms with Crippen LogP contribution in [0.1, 0.15) is 43.3 Å². The maximum atomic E-state index is 12.5. The van der Waals surface area contributed by atoms with E-state index in [0.717, 1.165) is 23.4 Å². The Kier molecular flexibility index (Phi) is 4.18. The van der Waals surface area contributed by atoms with Crippen molar-refractivity contribution in [2.24, 2.45) is 5.41 Å². The fourth-order valence-corrected chi connectivity index (χ4v) is 2.91. The maximum Gasteiger partial charge on any atom is 0.293 e. The first-order chi connectivity index (χ1) is 11.3. The second kappa shape index (κ2) is 6.15. The van der Waals surface area contributed by atoms with Crippen LogP contribution in [0.4, 0.5) is 11.4 Å². The quantitative estimate of drug-likeness (QED) is 0.931. The van der Waals surface area contributed by atoms with Crippen LogP contribution in [-0.4, -0.2) is 18.4 Å². The van der Waals surface area contributed by atoms with Crippen LogP contribution >= 0.6 is 0 Å². The molecular weight excluding hydrogens is 304 g/mol. The Morgan fingerprint density at radius 1 is 1.25 bits per heavy atom. The van der Waals surface area contributed by atoms with Crippen molar-refractivity contribution in [3.8, 4) is 0 Å². The molecule has 0 spiro atoms. The Labute approximate surface area is 141 Å². The van der Waals surface area contributed by atoms with Crippen molar-refractivity contribution < 1.29 is 14.0 Å². The summed E-state index contributed by atoms with van der Waals surface area (Å²) in [6.07, 6.45) is 2.73. The normalized spacial score (nSPS) is 13.7. The van der Waals surface area contributed by atoms with Crippen molar-refractivity contribution >= 4 is 23.2 Å². The van der Waals surface area contributed by atoms with E-state index in [4.69, 9.17) is 4.42 Å². The highest BCUT2D eigenvalue weighted by atomic mass is 16.3. The van der Waals surface area contributed by atoms with Gasteiger partial charge in [-0.3, -0.25) is 9.59 Å². The van der Waals surface area contributed by atoms with Gasteiger partial charge >= 0.3 is 0 Å². The van der Waals surface area contributed by atoms with Crippen molar-refractivity contribution in [3.05, 3.63) is 47.9 Å². The lowest BCUT2D eigenvalue weighted by molar-refractivity contribution is -0.117. The zero-order chi connectivity index (χ0) is 17.3. The van der Waals surface area contributed by atoms with Gasteiger partial charge in [0.05, 0.1) is 6.26 Å². The second-order valence-electron chi connectivity index (χ2n) is 7.31. The highest BCUT2D eigenvalue weighted by Gasteiger charge is 2.27. The lowest BCUT2D eigenvalue weighted by Crippen LogP contribution is -2.28. The number of anilines is 2. The first-order valence-corrected chi connectivity index (χ1v) is 8.12. The molecule has 0 atom stereocenters. The van der Waals surface area contributed by atoms with Crippen LogP contribution in [-0.2, 0) is 11.2 Å². The summed E-state index contributed by atoms with van der Waals surface area (Å²) in [6.45, 7) is 6.72. The summed E-state index contributed by atoms with van der Waals surface area (Å²) in [7, 11) is 0. The lowest BCUT2D eigenvalue weighted by atomic mass is 9.92. The number of nitrogens with zero attached hydrogens (tertiary/aromatic N) is 1. The first kappa shape index (κ1) is 16.3. The summed E-state index contributed by atoms with van der Waals surface area (Å²) in [6, 6.07) is 9.05. The van der Waals surface area contributed by atoms with Crippen LogP contribution in [0.25, 0.3) is 0 Å². The molecule has 2 amide bonds. The summed E-state index contributed by atoms with van der Waals surface area (Å²) >= 11 is 0. The summed E-state index contributed by atoms with van der Waals surface area (Å²) in [4.78, 5) is 26.2. The zero-order valence-corrected chi connectivity index (χ0v) is 14.3. The van der Waals surface area contributed by atoms with Crippen LogP contribution in [0, 0.1) is 5.41 Å². The predicted molar refractivity (Wildman–Crippen MR) is 93.2 cm³/mol. The number of hydrogen-bond acceptors (Lipinski definition) is 3. The fourth-order valence-electron chi connectivity index (χ4n) is 2.91. The Bertz CT molecular complexity index is 757. The third-order valence-electron chi connectivity index (χ3n) is 3.93. The van der Waals surface area contributed by atoms with Crippen molar-refractivity contribution in [3.63, 3.8) is 0 Å². The largest absolute Gasteiger partial charge is 0.459 e. The van der Waals surface area contributed by atoms with E-state index in [1.807, 2.05) is 39.0 Å². The number of nitrogens with one attached hydrogen (secondary N) is 1. The van der Waals surface area contributed by atoms with Gasteiger partial charge in [0.25, 0.3) is 5.91 Å². The number of fused-ring (bicyclic) bond motifs is 1. The summed E-state index contributed by atoms with van der Waals surface area (Å²) < 4.78 is 5.20. The topological polar surface area (TPSA) is 62.6 Å². The molecule has 24 heavy (non-hydrogen) atoms. The van der Waals surface area contributed by atoms with E-state index >= 15 is 0 Å². The van der Waals surface area contributed by atoms with Gasteiger partial charge in [0, 0.05) is 24.3 Å². The molecule has 1 aromatic carbocycles. The Balaban J connectivity index is 1.74. The monoisotopic (exact) mass is 326 g/mol. The number of furan rings is 1. The van der Waals surface area contributed by atoms with Crippen LogP contribution in [0.2, 0.25) is 0 Å². The van der Waals surface area contributed by atoms with Crippen LogP contribution in [0.15, 0.2) is 41.0 Å². The number of carbonyl (C=O) groups excluding carboxylic acids is 2. The molecule has 5 nitrogen and oxygen atoms in total. The third kappa shape index (κ3) is 3.50. The first-order valence-electron chi connectivity index (χ1n) is 8.12. The lowest BCUT2D eigenvalue weighted by Gasteiger charge is -2.18. The maximum absolute atomic E-state index is 12.5. The van der Waals surface area contributed by atoms with Gasteiger partial charge in [-0.05, 0) is 47.7 Å². The van der Waals surface area contributed by atoms with Crippen molar-refractivity contribution in [2.45, 2.75) is 33.6 Å². The standard InChI is InChI=1S/C19H22N2O3/c1-19(2,3)12-17(22)20-14-6-7-15-13(11-14)8-9-21(15)18(23)16-5-4-10-24-16/h4-7,10-11H,8-9,12H2,1-3H3,(H,20,22). The van der Waals surface area contributed by atoms with Gasteiger partial charge in [-0.25, -0.2) is 0 Å². The van der Waals surface area contributed by atoms with Crippen LogP contribution < -0.4 is 10.2 Å². The molecule has 0 unspecified atom stereocenters. The van der Waals surface area contributed by atoms with E-state index in [2.05, 4.69) is 5.32 Å². The van der Waals surface area contributed by atoms with E-state index in [0.29, 0.717) is 18.7 Å². The highest BCUT2D eigenvalue weighted by Crippen LogP contribution is 2.32. The molecule has 1 aromatic heterocycles. The number of hydrogen-bond donors (Lipinski definition) is 1. The van der Waals surface area contributed by atoms with E-state index in [-0.39, 0.29) is 17.2 Å². The Morgan fingerprint density at radius 3 is 2.71 bits per heavy atom. The molecule has 2 heterocycles. The van der Waals surface area contributed by atoms with Gasteiger partial charge < -0.3 is 14.6 Å². The molecule has 0 bridgehead atoms. The fraction of sp³-hybridized carbons (Fsp3) is 0.368. The molecule has 5 heteroatoms. The molecule has 2 aromatic rings.